The van der Waals surface area contributed by atoms with E-state index in [1.165, 1.54) is 0 Å². The molecule has 3 atom stereocenters. The Kier molecular flexibility index (Phi) is 4.87. The molecular weight excluding hydrogens is 290 g/mol. The molecule has 0 spiro atoms. The van der Waals surface area contributed by atoms with Crippen LogP contribution in [0.4, 0.5) is 0 Å². The lowest BCUT2D eigenvalue weighted by Gasteiger charge is -2.41. The lowest BCUT2D eigenvalue weighted by molar-refractivity contribution is -0.128. The number of rotatable bonds is 3. The maximum Gasteiger partial charge on any atom is 0.237 e. The maximum atomic E-state index is 12.7. The Morgan fingerprint density at radius 2 is 2.13 bits per heavy atom. The van der Waals surface area contributed by atoms with E-state index in [9.17, 15) is 4.79 Å². The monoisotopic (exact) mass is 317 g/mol. The molecule has 5 nitrogen and oxygen atoms in total. The van der Waals surface area contributed by atoms with Crippen LogP contribution in [-0.4, -0.2) is 61.1 Å². The Morgan fingerprint density at radius 1 is 1.35 bits per heavy atom. The fourth-order valence-corrected chi connectivity index (χ4v) is 3.66. The third-order valence-electron chi connectivity index (χ3n) is 5.03. The zero-order chi connectivity index (χ0) is 16.4. The molecule has 1 aromatic rings. The van der Waals surface area contributed by atoms with Crippen molar-refractivity contribution in [3.63, 3.8) is 0 Å². The van der Waals surface area contributed by atoms with Gasteiger partial charge in [-0.3, -0.25) is 9.69 Å². The van der Waals surface area contributed by atoms with Gasteiger partial charge in [-0.05, 0) is 27.0 Å². The quantitative estimate of drug-likeness (QED) is 0.921. The van der Waals surface area contributed by atoms with E-state index in [0.29, 0.717) is 12.6 Å². The Labute approximate surface area is 138 Å². The van der Waals surface area contributed by atoms with E-state index >= 15 is 0 Å². The van der Waals surface area contributed by atoms with E-state index in [-0.39, 0.29) is 18.0 Å². The number of fused-ring (bicyclic) bond motifs is 1. The third-order valence-corrected chi connectivity index (χ3v) is 5.03. The number of para-hydroxylation sites is 1. The number of piperazine rings is 1. The van der Waals surface area contributed by atoms with Gasteiger partial charge in [-0.2, -0.15) is 0 Å². The van der Waals surface area contributed by atoms with Gasteiger partial charge in [-0.15, -0.1) is 0 Å². The summed E-state index contributed by atoms with van der Waals surface area (Å²) >= 11 is 0. The Hall–Kier alpha value is -1.59. The van der Waals surface area contributed by atoms with E-state index in [1.54, 1.807) is 0 Å². The Morgan fingerprint density at radius 3 is 2.91 bits per heavy atom. The highest BCUT2D eigenvalue weighted by atomic mass is 16.5. The molecule has 126 valence electrons. The van der Waals surface area contributed by atoms with Crippen molar-refractivity contribution in [3.05, 3.63) is 29.8 Å². The molecule has 1 amide bonds. The second-order valence-corrected chi connectivity index (χ2v) is 6.76. The molecule has 2 aliphatic rings. The van der Waals surface area contributed by atoms with Gasteiger partial charge in [0.15, 0.2) is 0 Å². The number of hydrogen-bond donors (Lipinski definition) is 1. The van der Waals surface area contributed by atoms with Gasteiger partial charge >= 0.3 is 0 Å². The minimum atomic E-state index is -0.103. The zero-order valence-electron chi connectivity index (χ0n) is 14.3. The van der Waals surface area contributed by atoms with Gasteiger partial charge in [-0.1, -0.05) is 18.2 Å². The van der Waals surface area contributed by atoms with Gasteiger partial charge in [0.1, 0.15) is 5.75 Å². The van der Waals surface area contributed by atoms with Crippen molar-refractivity contribution < 1.29 is 9.53 Å². The first kappa shape index (κ1) is 16.3. The van der Waals surface area contributed by atoms with Crippen LogP contribution in [-0.2, 0) is 4.79 Å². The highest BCUT2D eigenvalue weighted by Crippen LogP contribution is 2.31. The minimum absolute atomic E-state index is 0.0534. The van der Waals surface area contributed by atoms with Crippen LogP contribution in [0.5, 0.6) is 5.75 Å². The van der Waals surface area contributed by atoms with Crippen molar-refractivity contribution in [2.24, 2.45) is 0 Å². The summed E-state index contributed by atoms with van der Waals surface area (Å²) in [4.78, 5) is 17.4. The molecule has 1 aromatic carbocycles. The lowest BCUT2D eigenvalue weighted by atomic mass is 10.00. The Balaban J connectivity index is 1.65. The number of carbonyl (C=O) groups is 1. The van der Waals surface area contributed by atoms with Crippen LogP contribution >= 0.6 is 0 Å². The number of ether oxygens (including phenoxy) is 1. The number of nitrogens with zero attached hydrogens (tertiary/aromatic N) is 2. The van der Waals surface area contributed by atoms with Gasteiger partial charge in [-0.25, -0.2) is 0 Å². The summed E-state index contributed by atoms with van der Waals surface area (Å²) in [6.07, 6.45) is 0.827. The highest BCUT2D eigenvalue weighted by Gasteiger charge is 2.31. The molecule has 0 saturated carbocycles. The zero-order valence-corrected chi connectivity index (χ0v) is 14.3. The summed E-state index contributed by atoms with van der Waals surface area (Å²) in [6.45, 7) is 7.84. The molecule has 0 bridgehead atoms. The largest absolute Gasteiger partial charge is 0.493 e. The normalized spacial score (nSPS) is 26.9. The topological polar surface area (TPSA) is 44.8 Å². The molecule has 0 aliphatic carbocycles. The summed E-state index contributed by atoms with van der Waals surface area (Å²) < 4.78 is 5.67. The van der Waals surface area contributed by atoms with Gasteiger partial charge in [0, 0.05) is 37.7 Å². The predicted octanol–water partition coefficient (Wildman–Crippen LogP) is 1.65. The van der Waals surface area contributed by atoms with E-state index < -0.39 is 0 Å². The summed E-state index contributed by atoms with van der Waals surface area (Å²) in [5, 5.41) is 3.23. The predicted molar refractivity (Wildman–Crippen MR) is 90.6 cm³/mol. The second kappa shape index (κ2) is 6.89. The van der Waals surface area contributed by atoms with E-state index in [1.807, 2.05) is 31.2 Å². The van der Waals surface area contributed by atoms with Gasteiger partial charge in [0.25, 0.3) is 0 Å². The minimum Gasteiger partial charge on any atom is -0.493 e. The molecule has 23 heavy (non-hydrogen) atoms. The molecule has 0 unspecified atom stereocenters. The second-order valence-electron chi connectivity index (χ2n) is 6.76. The first-order chi connectivity index (χ1) is 11.1. The van der Waals surface area contributed by atoms with E-state index in [4.69, 9.17) is 4.74 Å². The number of hydrogen-bond acceptors (Lipinski definition) is 4. The molecule has 0 radical (unpaired) electrons. The Bertz CT molecular complexity index is 563. The third kappa shape index (κ3) is 3.51. The first-order valence-electron chi connectivity index (χ1n) is 8.52. The standard InChI is InChI=1S/C18H27N3O2/c1-13-12-20(3)9-10-21(13)14(2)18(22)19-16-8-11-23-17-7-5-4-6-15(16)17/h4-7,13-14,16H,8-12H2,1-3H3,(H,19,22)/t13-,14+,16-/m1/s1. The molecule has 0 aromatic heterocycles. The molecule has 3 rings (SSSR count). The van der Waals surface area contributed by atoms with Crippen LogP contribution in [0.2, 0.25) is 0 Å². The van der Waals surface area contributed by atoms with Crippen LogP contribution in [0, 0.1) is 0 Å². The van der Waals surface area contributed by atoms with Crippen molar-refractivity contribution in [3.8, 4) is 5.75 Å². The van der Waals surface area contributed by atoms with Crippen molar-refractivity contribution in [2.45, 2.75) is 38.4 Å². The van der Waals surface area contributed by atoms with Crippen LogP contribution < -0.4 is 10.1 Å². The molecule has 1 saturated heterocycles. The highest BCUT2D eigenvalue weighted by molar-refractivity contribution is 5.82. The average molecular weight is 317 g/mol. The maximum absolute atomic E-state index is 12.7. The van der Waals surface area contributed by atoms with E-state index in [2.05, 4.69) is 29.1 Å². The van der Waals surface area contributed by atoms with Gasteiger partial charge < -0.3 is 15.0 Å². The summed E-state index contributed by atoms with van der Waals surface area (Å²) in [5.41, 5.74) is 1.09. The number of nitrogens with one attached hydrogen (secondary N) is 1. The van der Waals surface area contributed by atoms with Crippen LogP contribution in [0.3, 0.4) is 0 Å². The molecule has 1 N–H and O–H groups in total. The number of likely N-dealkylation sites (N-methyl/N-ethyl adjacent to an activating group) is 1. The van der Waals surface area contributed by atoms with Crippen LogP contribution in [0.15, 0.2) is 24.3 Å². The molecule has 1 fully saturated rings. The first-order valence-corrected chi connectivity index (χ1v) is 8.52. The fourth-order valence-electron chi connectivity index (χ4n) is 3.66. The van der Waals surface area contributed by atoms with E-state index in [0.717, 1.165) is 37.4 Å². The number of benzene rings is 1. The van der Waals surface area contributed by atoms with Crippen molar-refractivity contribution in [1.82, 2.24) is 15.1 Å². The van der Waals surface area contributed by atoms with Crippen molar-refractivity contribution >= 4 is 5.91 Å². The van der Waals surface area contributed by atoms with Crippen molar-refractivity contribution in [1.29, 1.82) is 0 Å². The smallest absolute Gasteiger partial charge is 0.237 e. The molecule has 2 heterocycles. The SMILES string of the molecule is C[C@@H]1CN(C)CCN1[C@@H](C)C(=O)N[C@@H]1CCOc2ccccc21. The number of amides is 1. The van der Waals surface area contributed by atoms with Gasteiger partial charge in [0.2, 0.25) is 5.91 Å². The lowest BCUT2D eigenvalue weighted by Crippen LogP contribution is -2.57. The summed E-state index contributed by atoms with van der Waals surface area (Å²) in [5.74, 6) is 1.01. The van der Waals surface area contributed by atoms with Gasteiger partial charge in [0.05, 0.1) is 18.7 Å². The fraction of sp³-hybridized carbons (Fsp3) is 0.611. The molecular formula is C18H27N3O2. The average Bonchev–Trinajstić information content (AvgIpc) is 2.54. The van der Waals surface area contributed by atoms with Crippen LogP contribution in [0.1, 0.15) is 31.9 Å². The van der Waals surface area contributed by atoms with Crippen LogP contribution in [0.25, 0.3) is 0 Å². The number of carbonyl (C=O) groups excluding carboxylic acids is 1. The molecule has 2 aliphatic heterocycles. The molecule has 5 heteroatoms. The summed E-state index contributed by atoms with van der Waals surface area (Å²) in [6, 6.07) is 8.33. The summed E-state index contributed by atoms with van der Waals surface area (Å²) in [7, 11) is 2.14. The van der Waals surface area contributed by atoms with Crippen molar-refractivity contribution in [2.75, 3.05) is 33.3 Å².